The monoisotopic (exact) mass is 237 g/mol. The molecule has 0 spiro atoms. The van der Waals surface area contributed by atoms with Crippen LogP contribution >= 0.6 is 15.9 Å². The Bertz CT molecular complexity index is 363. The predicted octanol–water partition coefficient (Wildman–Crippen LogP) is 3.69. The molecule has 0 saturated heterocycles. The van der Waals surface area contributed by atoms with Crippen molar-refractivity contribution < 1.29 is 0 Å². The van der Waals surface area contributed by atoms with Gasteiger partial charge in [0.15, 0.2) is 0 Å². The number of hydrogen-bond acceptors (Lipinski definition) is 1. The van der Waals surface area contributed by atoms with Crippen LogP contribution < -0.4 is 0 Å². The summed E-state index contributed by atoms with van der Waals surface area (Å²) in [6.45, 7) is 6.02. The fourth-order valence-corrected chi connectivity index (χ4v) is 1.74. The predicted molar refractivity (Wildman–Crippen MR) is 57.6 cm³/mol. The number of benzene rings is 1. The topological polar surface area (TPSA) is 23.8 Å². The van der Waals surface area contributed by atoms with Gasteiger partial charge in [-0.25, -0.2) is 0 Å². The lowest BCUT2D eigenvalue weighted by molar-refractivity contribution is 0.961. The molecule has 0 heterocycles. The maximum atomic E-state index is 8.81. The average Bonchev–Trinajstić information content (AvgIpc) is 2.13. The minimum Gasteiger partial charge on any atom is -0.198 e. The van der Waals surface area contributed by atoms with E-state index in [1.165, 1.54) is 11.1 Å². The molecule has 0 bridgehead atoms. The van der Waals surface area contributed by atoms with Gasteiger partial charge in [-0.05, 0) is 37.5 Å². The van der Waals surface area contributed by atoms with Gasteiger partial charge in [0, 0.05) is 4.47 Å². The van der Waals surface area contributed by atoms with Gasteiger partial charge in [-0.2, -0.15) is 5.26 Å². The molecule has 0 saturated carbocycles. The fraction of sp³-hybridized carbons (Fsp3) is 0.364. The summed E-state index contributed by atoms with van der Waals surface area (Å²) < 4.78 is 1.12. The Morgan fingerprint density at radius 1 is 1.38 bits per heavy atom. The first kappa shape index (κ1) is 10.3. The zero-order chi connectivity index (χ0) is 10.0. The quantitative estimate of drug-likeness (QED) is 0.731. The van der Waals surface area contributed by atoms with Crippen LogP contribution in [0.4, 0.5) is 0 Å². The van der Waals surface area contributed by atoms with Crippen LogP contribution in [0.1, 0.15) is 29.5 Å². The molecule has 1 nitrogen and oxygen atoms in total. The zero-order valence-corrected chi connectivity index (χ0v) is 9.64. The lowest BCUT2D eigenvalue weighted by Gasteiger charge is -2.10. The highest BCUT2D eigenvalue weighted by Crippen LogP contribution is 2.28. The molecule has 1 aromatic carbocycles. The van der Waals surface area contributed by atoms with Gasteiger partial charge in [0.25, 0.3) is 0 Å². The Balaban J connectivity index is 3.28. The van der Waals surface area contributed by atoms with E-state index in [2.05, 4.69) is 28.9 Å². The summed E-state index contributed by atoms with van der Waals surface area (Å²) >= 11 is 3.52. The van der Waals surface area contributed by atoms with Crippen LogP contribution in [0.15, 0.2) is 16.6 Å². The molecule has 0 aliphatic carbocycles. The van der Waals surface area contributed by atoms with Crippen LogP contribution in [0.25, 0.3) is 0 Å². The Morgan fingerprint density at radius 2 is 2.00 bits per heavy atom. The molecule has 1 unspecified atom stereocenters. The maximum absolute atomic E-state index is 8.81. The van der Waals surface area contributed by atoms with Gasteiger partial charge in [-0.15, -0.1) is 0 Å². The summed E-state index contributed by atoms with van der Waals surface area (Å²) in [4.78, 5) is 0. The highest BCUT2D eigenvalue weighted by atomic mass is 79.9. The molecule has 0 N–H and O–H groups in total. The number of nitriles is 1. The molecule has 68 valence electrons. The highest BCUT2D eigenvalue weighted by Gasteiger charge is 2.10. The number of aryl methyl sites for hydroxylation is 1. The fourth-order valence-electron chi connectivity index (χ4n) is 1.37. The molecular formula is C11H12BrN. The first-order valence-electron chi connectivity index (χ1n) is 4.23. The van der Waals surface area contributed by atoms with Crippen molar-refractivity contribution in [3.8, 4) is 6.07 Å². The molecule has 0 radical (unpaired) electrons. The molecule has 0 aliphatic heterocycles. The van der Waals surface area contributed by atoms with Crippen molar-refractivity contribution in [3.63, 3.8) is 0 Å². The van der Waals surface area contributed by atoms with Gasteiger partial charge < -0.3 is 0 Å². The molecular weight excluding hydrogens is 226 g/mol. The molecule has 2 heteroatoms. The van der Waals surface area contributed by atoms with Gasteiger partial charge in [0.1, 0.15) is 0 Å². The van der Waals surface area contributed by atoms with Crippen molar-refractivity contribution in [3.05, 3.63) is 33.3 Å². The first-order chi connectivity index (χ1) is 6.07. The molecule has 1 atom stereocenters. The molecule has 0 aliphatic rings. The summed E-state index contributed by atoms with van der Waals surface area (Å²) in [7, 11) is 0. The van der Waals surface area contributed by atoms with Crippen molar-refractivity contribution in [2.24, 2.45) is 0 Å². The minimum atomic E-state index is -0.0306. The van der Waals surface area contributed by atoms with Crippen LogP contribution in [0.5, 0.6) is 0 Å². The Hall–Kier alpha value is -0.810. The van der Waals surface area contributed by atoms with E-state index in [0.717, 1.165) is 10.0 Å². The molecule has 13 heavy (non-hydrogen) atoms. The van der Waals surface area contributed by atoms with Crippen LogP contribution in [-0.2, 0) is 0 Å². The van der Waals surface area contributed by atoms with Crippen molar-refractivity contribution in [2.75, 3.05) is 0 Å². The van der Waals surface area contributed by atoms with E-state index in [4.69, 9.17) is 5.26 Å². The van der Waals surface area contributed by atoms with Crippen molar-refractivity contribution in [1.82, 2.24) is 0 Å². The van der Waals surface area contributed by atoms with E-state index in [1.54, 1.807) is 0 Å². The molecule has 0 fully saturated rings. The van der Waals surface area contributed by atoms with Gasteiger partial charge in [-0.1, -0.05) is 28.1 Å². The van der Waals surface area contributed by atoms with Crippen molar-refractivity contribution >= 4 is 15.9 Å². The number of hydrogen-bond donors (Lipinski definition) is 0. The lowest BCUT2D eigenvalue weighted by Crippen LogP contribution is -1.95. The summed E-state index contributed by atoms with van der Waals surface area (Å²) in [5.74, 6) is -0.0306. The van der Waals surface area contributed by atoms with Crippen LogP contribution in [0.3, 0.4) is 0 Å². The second-order valence-electron chi connectivity index (χ2n) is 3.26. The molecule has 1 aromatic rings. The number of nitrogens with zero attached hydrogens (tertiary/aromatic N) is 1. The van der Waals surface area contributed by atoms with E-state index >= 15 is 0 Å². The Kier molecular flexibility index (Phi) is 3.11. The van der Waals surface area contributed by atoms with Gasteiger partial charge in [0.2, 0.25) is 0 Å². The summed E-state index contributed by atoms with van der Waals surface area (Å²) in [6, 6.07) is 6.32. The Morgan fingerprint density at radius 3 is 2.54 bits per heavy atom. The molecule has 0 amide bonds. The van der Waals surface area contributed by atoms with Gasteiger partial charge in [-0.3, -0.25) is 0 Å². The average molecular weight is 238 g/mol. The molecule has 1 rings (SSSR count). The third-order valence-electron chi connectivity index (χ3n) is 2.28. The van der Waals surface area contributed by atoms with Crippen molar-refractivity contribution in [1.29, 1.82) is 5.26 Å². The van der Waals surface area contributed by atoms with Crippen molar-refractivity contribution in [2.45, 2.75) is 26.7 Å². The lowest BCUT2D eigenvalue weighted by atomic mass is 9.96. The summed E-state index contributed by atoms with van der Waals surface area (Å²) in [5, 5.41) is 8.81. The summed E-state index contributed by atoms with van der Waals surface area (Å²) in [6.07, 6.45) is 0. The molecule has 0 aromatic heterocycles. The van der Waals surface area contributed by atoms with E-state index in [9.17, 15) is 0 Å². The van der Waals surface area contributed by atoms with E-state index in [-0.39, 0.29) is 5.92 Å². The third-order valence-corrected chi connectivity index (χ3v) is 3.50. The van der Waals surface area contributed by atoms with E-state index in [0.29, 0.717) is 0 Å². The van der Waals surface area contributed by atoms with Crippen LogP contribution in [0, 0.1) is 25.2 Å². The standard InChI is InChI=1S/C11H12BrN/c1-7-4-5-10(8(2)6-13)9(3)11(7)12/h4-5,8H,1-3H3. The second kappa shape index (κ2) is 3.93. The van der Waals surface area contributed by atoms with E-state index < -0.39 is 0 Å². The SMILES string of the molecule is Cc1ccc(C(C)C#N)c(C)c1Br. The number of rotatable bonds is 1. The largest absolute Gasteiger partial charge is 0.198 e. The Labute approximate surface area is 87.5 Å². The minimum absolute atomic E-state index is 0.0306. The second-order valence-corrected chi connectivity index (χ2v) is 4.05. The maximum Gasteiger partial charge on any atom is 0.0701 e. The van der Waals surface area contributed by atoms with Gasteiger partial charge in [0.05, 0.1) is 12.0 Å². The first-order valence-corrected chi connectivity index (χ1v) is 5.02. The van der Waals surface area contributed by atoms with Gasteiger partial charge >= 0.3 is 0 Å². The zero-order valence-electron chi connectivity index (χ0n) is 8.06. The van der Waals surface area contributed by atoms with E-state index in [1.807, 2.05) is 26.0 Å². The smallest absolute Gasteiger partial charge is 0.0701 e. The number of halogens is 1. The van der Waals surface area contributed by atoms with Crippen LogP contribution in [0.2, 0.25) is 0 Å². The van der Waals surface area contributed by atoms with Crippen LogP contribution in [-0.4, -0.2) is 0 Å². The highest BCUT2D eigenvalue weighted by molar-refractivity contribution is 9.10. The third kappa shape index (κ3) is 1.92. The summed E-state index contributed by atoms with van der Waals surface area (Å²) in [5.41, 5.74) is 3.50. The normalized spacial score (nSPS) is 12.2.